The van der Waals surface area contributed by atoms with E-state index < -0.39 is 0 Å². The molecule has 0 aliphatic heterocycles. The molecule has 0 saturated carbocycles. The maximum Gasteiger partial charge on any atom is 0.193 e. The van der Waals surface area contributed by atoms with Gasteiger partial charge in [-0.3, -0.25) is 4.99 Å². The van der Waals surface area contributed by atoms with Crippen LogP contribution in [-0.2, 0) is 6.54 Å². The fourth-order valence-corrected chi connectivity index (χ4v) is 1.68. The van der Waals surface area contributed by atoms with Crippen LogP contribution in [0.2, 0.25) is 0 Å². The molecule has 0 fully saturated rings. The summed E-state index contributed by atoms with van der Waals surface area (Å²) in [6.45, 7) is 3.50. The average molecular weight is 363 g/mol. The molecule has 0 radical (unpaired) electrons. The molecule has 18 heavy (non-hydrogen) atoms. The number of hydrogen-bond donors (Lipinski definition) is 1. The van der Waals surface area contributed by atoms with Gasteiger partial charge < -0.3 is 15.0 Å². The second kappa shape index (κ2) is 9.02. The highest BCUT2D eigenvalue weighted by atomic mass is 127. The summed E-state index contributed by atoms with van der Waals surface area (Å²) in [6.07, 6.45) is 0. The fourth-order valence-electron chi connectivity index (χ4n) is 1.68. The van der Waals surface area contributed by atoms with Gasteiger partial charge in [-0.05, 0) is 24.6 Å². The van der Waals surface area contributed by atoms with Gasteiger partial charge in [0, 0.05) is 27.7 Å². The Bertz CT molecular complexity index is 365. The summed E-state index contributed by atoms with van der Waals surface area (Å²) in [5.41, 5.74) is 1.23. The number of guanidine groups is 1. The molecule has 0 aromatic heterocycles. The highest BCUT2D eigenvalue weighted by Gasteiger charge is 2.04. The highest BCUT2D eigenvalue weighted by Crippen LogP contribution is 2.13. The monoisotopic (exact) mass is 363 g/mol. The molecule has 4 nitrogen and oxygen atoms in total. The number of halogens is 1. The first-order valence-corrected chi connectivity index (χ1v) is 5.78. The zero-order valence-corrected chi connectivity index (χ0v) is 13.8. The summed E-state index contributed by atoms with van der Waals surface area (Å²) in [7, 11) is 5.66. The van der Waals surface area contributed by atoms with Crippen molar-refractivity contribution in [1.29, 1.82) is 0 Å². The van der Waals surface area contributed by atoms with E-state index >= 15 is 0 Å². The lowest BCUT2D eigenvalue weighted by Gasteiger charge is -2.20. The van der Waals surface area contributed by atoms with Crippen LogP contribution in [0.5, 0.6) is 5.75 Å². The van der Waals surface area contributed by atoms with Crippen LogP contribution in [0.25, 0.3) is 0 Å². The molecule has 5 heteroatoms. The molecule has 0 aliphatic carbocycles. The molecule has 0 unspecified atom stereocenters. The molecule has 0 saturated heterocycles. The molecule has 1 aromatic rings. The minimum absolute atomic E-state index is 0. The van der Waals surface area contributed by atoms with Gasteiger partial charge in [-0.1, -0.05) is 12.1 Å². The van der Waals surface area contributed by atoms with Gasteiger partial charge in [0.25, 0.3) is 0 Å². The van der Waals surface area contributed by atoms with Crippen molar-refractivity contribution in [2.24, 2.45) is 4.99 Å². The number of ether oxygens (including phenoxy) is 1. The summed E-state index contributed by atoms with van der Waals surface area (Å²) in [6, 6.07) is 8.14. The van der Waals surface area contributed by atoms with Crippen LogP contribution in [0.15, 0.2) is 29.3 Å². The summed E-state index contributed by atoms with van der Waals surface area (Å²) in [4.78, 5) is 6.22. The Morgan fingerprint density at radius 1 is 1.33 bits per heavy atom. The van der Waals surface area contributed by atoms with E-state index in [0.717, 1.165) is 18.3 Å². The van der Waals surface area contributed by atoms with E-state index in [1.807, 2.05) is 33.2 Å². The van der Waals surface area contributed by atoms with Gasteiger partial charge in [-0.15, -0.1) is 24.0 Å². The Morgan fingerprint density at radius 3 is 2.39 bits per heavy atom. The van der Waals surface area contributed by atoms with E-state index in [1.165, 1.54) is 5.56 Å². The molecule has 1 N–H and O–H groups in total. The number of rotatable bonds is 4. The molecule has 0 bridgehead atoms. The molecule has 0 amide bonds. The second-order valence-corrected chi connectivity index (χ2v) is 3.73. The zero-order chi connectivity index (χ0) is 12.7. The van der Waals surface area contributed by atoms with E-state index in [1.54, 1.807) is 7.05 Å². The van der Waals surface area contributed by atoms with Gasteiger partial charge in [0.05, 0.1) is 6.61 Å². The van der Waals surface area contributed by atoms with Gasteiger partial charge in [0.15, 0.2) is 5.96 Å². The van der Waals surface area contributed by atoms with E-state index in [4.69, 9.17) is 4.74 Å². The van der Waals surface area contributed by atoms with Crippen LogP contribution in [0, 0.1) is 0 Å². The Morgan fingerprint density at radius 2 is 1.94 bits per heavy atom. The molecule has 1 aromatic carbocycles. The summed E-state index contributed by atoms with van der Waals surface area (Å²) < 4.78 is 5.41. The average Bonchev–Trinajstić information content (AvgIpc) is 2.33. The highest BCUT2D eigenvalue weighted by molar-refractivity contribution is 14.0. The number of nitrogens with one attached hydrogen (secondary N) is 1. The van der Waals surface area contributed by atoms with Crippen LogP contribution in [0.4, 0.5) is 0 Å². The van der Waals surface area contributed by atoms with Gasteiger partial charge >= 0.3 is 0 Å². The fraction of sp³-hybridized carbons (Fsp3) is 0.462. The lowest BCUT2D eigenvalue weighted by atomic mass is 10.2. The van der Waals surface area contributed by atoms with Crippen molar-refractivity contribution in [3.63, 3.8) is 0 Å². The minimum Gasteiger partial charge on any atom is -0.494 e. The topological polar surface area (TPSA) is 36.9 Å². The molecular weight excluding hydrogens is 341 g/mol. The maximum atomic E-state index is 5.41. The predicted octanol–water partition coefficient (Wildman–Crippen LogP) is 2.34. The van der Waals surface area contributed by atoms with E-state index in [2.05, 4.69) is 27.3 Å². The first kappa shape index (κ1) is 17.0. The third-order valence-corrected chi connectivity index (χ3v) is 2.45. The summed E-state index contributed by atoms with van der Waals surface area (Å²) in [5.74, 6) is 1.79. The van der Waals surface area contributed by atoms with Crippen molar-refractivity contribution in [2.45, 2.75) is 13.5 Å². The normalized spacial score (nSPS) is 10.6. The van der Waals surface area contributed by atoms with Gasteiger partial charge in [-0.25, -0.2) is 0 Å². The smallest absolute Gasteiger partial charge is 0.193 e. The van der Waals surface area contributed by atoms with Crippen molar-refractivity contribution >= 4 is 29.9 Å². The summed E-state index contributed by atoms with van der Waals surface area (Å²) >= 11 is 0. The standard InChI is InChI=1S/C13H21N3O.HI/c1-5-17-12-8-6-11(7-9-12)10-16(4)13(14-2)15-3;/h6-9H,5,10H2,1-4H3,(H,14,15);1H. The number of aliphatic imine (C=N–C) groups is 1. The number of nitrogens with zero attached hydrogens (tertiary/aromatic N) is 2. The third kappa shape index (κ3) is 5.12. The van der Waals surface area contributed by atoms with Crippen molar-refractivity contribution in [3.05, 3.63) is 29.8 Å². The van der Waals surface area contributed by atoms with Crippen LogP contribution in [-0.4, -0.2) is 38.6 Å². The van der Waals surface area contributed by atoms with Crippen LogP contribution in [0.3, 0.4) is 0 Å². The molecule has 1 rings (SSSR count). The molecule has 0 aliphatic rings. The zero-order valence-electron chi connectivity index (χ0n) is 11.4. The van der Waals surface area contributed by atoms with Gasteiger partial charge in [0.1, 0.15) is 5.75 Å². The molecule has 0 heterocycles. The molecule has 102 valence electrons. The van der Waals surface area contributed by atoms with E-state index in [9.17, 15) is 0 Å². The van der Waals surface area contributed by atoms with Crippen molar-refractivity contribution in [1.82, 2.24) is 10.2 Å². The van der Waals surface area contributed by atoms with Crippen LogP contribution in [0.1, 0.15) is 12.5 Å². The van der Waals surface area contributed by atoms with Gasteiger partial charge in [0.2, 0.25) is 0 Å². The Labute approximate surface area is 126 Å². The van der Waals surface area contributed by atoms with Crippen molar-refractivity contribution in [3.8, 4) is 5.75 Å². The Balaban J connectivity index is 0.00000289. The van der Waals surface area contributed by atoms with Crippen LogP contribution < -0.4 is 10.1 Å². The first-order chi connectivity index (χ1) is 8.21. The SMILES string of the molecule is CCOc1ccc(CN(C)C(=NC)NC)cc1.I. The molecule has 0 spiro atoms. The molecular formula is C13H22IN3O. The van der Waals surface area contributed by atoms with E-state index in [0.29, 0.717) is 6.61 Å². The van der Waals surface area contributed by atoms with Gasteiger partial charge in [-0.2, -0.15) is 0 Å². The maximum absolute atomic E-state index is 5.41. The Kier molecular flexibility index (Phi) is 8.53. The molecule has 0 atom stereocenters. The van der Waals surface area contributed by atoms with Crippen LogP contribution >= 0.6 is 24.0 Å². The largest absolute Gasteiger partial charge is 0.494 e. The lowest BCUT2D eigenvalue weighted by Crippen LogP contribution is -2.36. The quantitative estimate of drug-likeness (QED) is 0.507. The Hall–Kier alpha value is -0.980. The minimum atomic E-state index is 0. The predicted molar refractivity (Wildman–Crippen MR) is 86.9 cm³/mol. The van der Waals surface area contributed by atoms with E-state index in [-0.39, 0.29) is 24.0 Å². The number of benzene rings is 1. The lowest BCUT2D eigenvalue weighted by molar-refractivity contribution is 0.340. The van der Waals surface area contributed by atoms with Crippen molar-refractivity contribution in [2.75, 3.05) is 27.7 Å². The van der Waals surface area contributed by atoms with Crippen molar-refractivity contribution < 1.29 is 4.74 Å². The second-order valence-electron chi connectivity index (χ2n) is 3.73. The summed E-state index contributed by atoms with van der Waals surface area (Å²) in [5, 5.41) is 3.05. The first-order valence-electron chi connectivity index (χ1n) is 5.78. The number of hydrogen-bond acceptors (Lipinski definition) is 2. The third-order valence-electron chi connectivity index (χ3n) is 2.45.